The SMILES string of the molecule is CCS(=O)(=O)NC1CCN(C(=O)C2CCCCN2)CC1. The molecule has 2 fully saturated rings. The lowest BCUT2D eigenvalue weighted by Gasteiger charge is -2.35. The van der Waals surface area contributed by atoms with Gasteiger partial charge in [-0.05, 0) is 39.2 Å². The fourth-order valence-electron chi connectivity index (χ4n) is 2.84. The second-order valence-electron chi connectivity index (χ2n) is 5.62. The van der Waals surface area contributed by atoms with Gasteiger partial charge in [-0.2, -0.15) is 0 Å². The Hall–Kier alpha value is -0.660. The Bertz CT molecular complexity index is 424. The number of sulfonamides is 1. The fraction of sp³-hybridized carbons (Fsp3) is 0.923. The zero-order valence-corrected chi connectivity index (χ0v) is 12.9. The number of carbonyl (C=O) groups is 1. The summed E-state index contributed by atoms with van der Waals surface area (Å²) in [6, 6.07) is -0.0593. The molecule has 7 heteroatoms. The zero-order valence-electron chi connectivity index (χ0n) is 12.1. The summed E-state index contributed by atoms with van der Waals surface area (Å²) in [5.74, 6) is 0.291. The van der Waals surface area contributed by atoms with Crippen LogP contribution in [0.25, 0.3) is 0 Å². The van der Waals surface area contributed by atoms with E-state index in [0.29, 0.717) is 25.9 Å². The maximum absolute atomic E-state index is 12.3. The molecule has 1 unspecified atom stereocenters. The smallest absolute Gasteiger partial charge is 0.239 e. The molecule has 0 spiro atoms. The highest BCUT2D eigenvalue weighted by molar-refractivity contribution is 7.89. The molecular weight excluding hydrogens is 278 g/mol. The fourth-order valence-corrected chi connectivity index (χ4v) is 3.75. The lowest BCUT2D eigenvalue weighted by Crippen LogP contribution is -2.53. The van der Waals surface area contributed by atoms with Gasteiger partial charge in [0.1, 0.15) is 0 Å². The van der Waals surface area contributed by atoms with Crippen molar-refractivity contribution < 1.29 is 13.2 Å². The second kappa shape index (κ2) is 6.87. The van der Waals surface area contributed by atoms with Crippen LogP contribution in [0.15, 0.2) is 0 Å². The van der Waals surface area contributed by atoms with Gasteiger partial charge in [0.15, 0.2) is 0 Å². The van der Waals surface area contributed by atoms with Gasteiger partial charge in [0.2, 0.25) is 15.9 Å². The zero-order chi connectivity index (χ0) is 14.6. The Morgan fingerprint density at radius 1 is 1.25 bits per heavy atom. The molecule has 0 aromatic heterocycles. The molecule has 2 rings (SSSR count). The van der Waals surface area contributed by atoms with Crippen molar-refractivity contribution >= 4 is 15.9 Å². The third-order valence-corrected chi connectivity index (χ3v) is 5.59. The molecule has 20 heavy (non-hydrogen) atoms. The van der Waals surface area contributed by atoms with Crippen molar-refractivity contribution in [1.82, 2.24) is 14.9 Å². The molecule has 1 amide bonds. The van der Waals surface area contributed by atoms with E-state index in [1.807, 2.05) is 4.90 Å². The number of amides is 1. The minimum atomic E-state index is -3.14. The monoisotopic (exact) mass is 303 g/mol. The maximum Gasteiger partial charge on any atom is 0.239 e. The predicted octanol–water partition coefficient (Wildman–Crippen LogP) is 0.0588. The second-order valence-corrected chi connectivity index (χ2v) is 7.67. The Morgan fingerprint density at radius 3 is 2.50 bits per heavy atom. The molecule has 0 saturated carbocycles. The van der Waals surface area contributed by atoms with Crippen molar-refractivity contribution in [2.45, 2.75) is 51.1 Å². The van der Waals surface area contributed by atoms with Gasteiger partial charge in [-0.25, -0.2) is 13.1 Å². The van der Waals surface area contributed by atoms with Crippen molar-refractivity contribution in [2.75, 3.05) is 25.4 Å². The number of nitrogens with zero attached hydrogens (tertiary/aromatic N) is 1. The van der Waals surface area contributed by atoms with Crippen LogP contribution in [0, 0.1) is 0 Å². The highest BCUT2D eigenvalue weighted by atomic mass is 32.2. The Kier molecular flexibility index (Phi) is 5.40. The third kappa shape index (κ3) is 4.17. The van der Waals surface area contributed by atoms with Crippen LogP contribution in [0.1, 0.15) is 39.0 Å². The largest absolute Gasteiger partial charge is 0.341 e. The lowest BCUT2D eigenvalue weighted by molar-refractivity contribution is -0.135. The number of rotatable bonds is 4. The lowest BCUT2D eigenvalue weighted by atomic mass is 10.0. The number of nitrogens with one attached hydrogen (secondary N) is 2. The first-order valence-electron chi connectivity index (χ1n) is 7.54. The first-order valence-corrected chi connectivity index (χ1v) is 9.19. The van der Waals surface area contributed by atoms with Crippen LogP contribution in [0.4, 0.5) is 0 Å². The molecular formula is C13H25N3O3S. The molecule has 2 saturated heterocycles. The minimum Gasteiger partial charge on any atom is -0.341 e. The molecule has 2 aliphatic rings. The summed E-state index contributed by atoms with van der Waals surface area (Å²) in [7, 11) is -3.14. The topological polar surface area (TPSA) is 78.5 Å². The van der Waals surface area contributed by atoms with Gasteiger partial charge in [-0.3, -0.25) is 4.79 Å². The van der Waals surface area contributed by atoms with Crippen molar-refractivity contribution in [1.29, 1.82) is 0 Å². The number of piperidine rings is 2. The number of hydrogen-bond donors (Lipinski definition) is 2. The molecule has 0 aromatic carbocycles. The summed E-state index contributed by atoms with van der Waals surface area (Å²) in [6.07, 6.45) is 4.58. The molecule has 6 nitrogen and oxygen atoms in total. The molecule has 2 N–H and O–H groups in total. The van der Waals surface area contributed by atoms with E-state index in [1.165, 1.54) is 0 Å². The van der Waals surface area contributed by atoms with E-state index in [-0.39, 0.29) is 23.7 Å². The van der Waals surface area contributed by atoms with E-state index in [0.717, 1.165) is 25.8 Å². The van der Waals surface area contributed by atoms with Gasteiger partial charge in [-0.1, -0.05) is 6.42 Å². The standard InChI is InChI=1S/C13H25N3O3S/c1-2-20(18,19)15-11-6-9-16(10-7-11)13(17)12-5-3-4-8-14-12/h11-12,14-15H,2-10H2,1H3. The van der Waals surface area contributed by atoms with Crippen LogP contribution < -0.4 is 10.0 Å². The quantitative estimate of drug-likeness (QED) is 0.770. The molecule has 116 valence electrons. The Balaban J connectivity index is 1.80. The maximum atomic E-state index is 12.3. The Labute approximate surface area is 121 Å². The van der Waals surface area contributed by atoms with Crippen LogP contribution in [0.2, 0.25) is 0 Å². The van der Waals surface area contributed by atoms with Gasteiger partial charge in [-0.15, -0.1) is 0 Å². The van der Waals surface area contributed by atoms with Crippen LogP contribution in [-0.4, -0.2) is 56.7 Å². The summed E-state index contributed by atoms with van der Waals surface area (Å²) in [5, 5.41) is 3.27. The number of carbonyl (C=O) groups excluding carboxylic acids is 1. The number of hydrogen-bond acceptors (Lipinski definition) is 4. The Morgan fingerprint density at radius 2 is 1.95 bits per heavy atom. The van der Waals surface area contributed by atoms with Crippen LogP contribution in [-0.2, 0) is 14.8 Å². The van der Waals surface area contributed by atoms with Gasteiger partial charge in [0.05, 0.1) is 11.8 Å². The van der Waals surface area contributed by atoms with Gasteiger partial charge < -0.3 is 10.2 Å². The van der Waals surface area contributed by atoms with Crippen molar-refractivity contribution in [3.05, 3.63) is 0 Å². The van der Waals surface area contributed by atoms with Crippen molar-refractivity contribution in [2.24, 2.45) is 0 Å². The first-order chi connectivity index (χ1) is 9.52. The molecule has 0 bridgehead atoms. The number of likely N-dealkylation sites (tertiary alicyclic amines) is 1. The van der Waals surface area contributed by atoms with Crippen molar-refractivity contribution in [3.63, 3.8) is 0 Å². The van der Waals surface area contributed by atoms with Crippen LogP contribution >= 0.6 is 0 Å². The highest BCUT2D eigenvalue weighted by Gasteiger charge is 2.29. The summed E-state index contributed by atoms with van der Waals surface area (Å²) in [5.41, 5.74) is 0. The van der Waals surface area contributed by atoms with E-state index in [9.17, 15) is 13.2 Å². The summed E-state index contributed by atoms with van der Waals surface area (Å²) in [4.78, 5) is 14.2. The van der Waals surface area contributed by atoms with Crippen LogP contribution in [0.5, 0.6) is 0 Å². The summed E-state index contributed by atoms with van der Waals surface area (Å²) < 4.78 is 25.8. The van der Waals surface area contributed by atoms with Gasteiger partial charge >= 0.3 is 0 Å². The first kappa shape index (κ1) is 15.7. The average Bonchev–Trinajstić information content (AvgIpc) is 2.48. The van der Waals surface area contributed by atoms with Gasteiger partial charge in [0, 0.05) is 19.1 Å². The average molecular weight is 303 g/mol. The van der Waals surface area contributed by atoms with E-state index in [1.54, 1.807) is 6.92 Å². The van der Waals surface area contributed by atoms with Crippen LogP contribution in [0.3, 0.4) is 0 Å². The molecule has 0 aliphatic carbocycles. The van der Waals surface area contributed by atoms with E-state index >= 15 is 0 Å². The van der Waals surface area contributed by atoms with Crippen molar-refractivity contribution in [3.8, 4) is 0 Å². The molecule has 0 radical (unpaired) electrons. The molecule has 0 aromatic rings. The van der Waals surface area contributed by atoms with Gasteiger partial charge in [0.25, 0.3) is 0 Å². The highest BCUT2D eigenvalue weighted by Crippen LogP contribution is 2.15. The summed E-state index contributed by atoms with van der Waals surface area (Å²) >= 11 is 0. The molecule has 2 heterocycles. The molecule has 1 atom stereocenters. The third-order valence-electron chi connectivity index (χ3n) is 4.14. The van der Waals surface area contributed by atoms with E-state index in [2.05, 4.69) is 10.0 Å². The molecule has 2 aliphatic heterocycles. The van der Waals surface area contributed by atoms with E-state index < -0.39 is 10.0 Å². The van der Waals surface area contributed by atoms with E-state index in [4.69, 9.17) is 0 Å². The normalized spacial score (nSPS) is 25.6. The minimum absolute atomic E-state index is 0.0247. The summed E-state index contributed by atoms with van der Waals surface area (Å²) in [6.45, 7) is 3.85. The predicted molar refractivity (Wildman–Crippen MR) is 77.8 cm³/mol.